The molecular formula is C23H31N3O4S. The van der Waals surface area contributed by atoms with E-state index >= 15 is 0 Å². The number of hydrogen-bond donors (Lipinski definition) is 0. The zero-order chi connectivity index (χ0) is 22.4. The molecular weight excluding hydrogens is 414 g/mol. The fourth-order valence-corrected chi connectivity index (χ4v) is 4.51. The fraction of sp³-hybridized carbons (Fsp3) is 0.435. The lowest BCUT2D eigenvalue weighted by atomic mass is 10.1. The fourth-order valence-electron chi connectivity index (χ4n) is 3.61. The van der Waals surface area contributed by atoms with Crippen molar-refractivity contribution in [1.82, 2.24) is 14.1 Å². The summed E-state index contributed by atoms with van der Waals surface area (Å²) in [7, 11) is -0.555. The first kappa shape index (κ1) is 23.4. The molecule has 1 aliphatic rings. The van der Waals surface area contributed by atoms with Gasteiger partial charge in [0.1, 0.15) is 0 Å². The third kappa shape index (κ3) is 5.92. The molecule has 0 spiro atoms. The topological polar surface area (TPSA) is 70.2 Å². The van der Waals surface area contributed by atoms with Gasteiger partial charge in [-0.15, -0.1) is 0 Å². The van der Waals surface area contributed by atoms with Gasteiger partial charge in [-0.25, -0.2) is 12.7 Å². The first-order valence-corrected chi connectivity index (χ1v) is 11.9. The van der Waals surface area contributed by atoms with E-state index in [4.69, 9.17) is 4.74 Å². The molecule has 0 aromatic heterocycles. The van der Waals surface area contributed by atoms with Crippen LogP contribution in [0.4, 0.5) is 0 Å². The minimum absolute atomic E-state index is 0.0176. The maximum Gasteiger partial charge on any atom is 0.254 e. The maximum atomic E-state index is 13.5. The number of carbonyl (C=O) groups excluding carboxylic acids is 1. The van der Waals surface area contributed by atoms with Crippen molar-refractivity contribution >= 4 is 15.9 Å². The monoisotopic (exact) mass is 445 g/mol. The molecule has 0 radical (unpaired) electrons. The van der Waals surface area contributed by atoms with Crippen molar-refractivity contribution in [2.45, 2.75) is 24.4 Å². The Labute approximate surface area is 185 Å². The van der Waals surface area contributed by atoms with Gasteiger partial charge >= 0.3 is 0 Å². The van der Waals surface area contributed by atoms with Crippen molar-refractivity contribution in [3.63, 3.8) is 0 Å². The second kappa shape index (κ2) is 10.4. The number of sulfonamides is 1. The van der Waals surface area contributed by atoms with Crippen molar-refractivity contribution < 1.29 is 17.9 Å². The molecule has 2 aromatic carbocycles. The summed E-state index contributed by atoms with van der Waals surface area (Å²) in [5, 5.41) is 0. The Kier molecular flexibility index (Phi) is 7.83. The van der Waals surface area contributed by atoms with Gasteiger partial charge in [-0.2, -0.15) is 0 Å². The second-order valence-corrected chi connectivity index (χ2v) is 10.1. The van der Waals surface area contributed by atoms with E-state index in [1.165, 1.54) is 26.2 Å². The molecule has 7 nitrogen and oxygen atoms in total. The summed E-state index contributed by atoms with van der Waals surface area (Å²) in [6.45, 7) is 6.44. The average Bonchev–Trinajstić information content (AvgIpc) is 2.78. The second-order valence-electron chi connectivity index (χ2n) is 7.99. The van der Waals surface area contributed by atoms with E-state index in [0.717, 1.165) is 29.5 Å². The molecule has 2 aromatic rings. The standard InChI is InChI=1S/C23H31N3O4S/c1-19(17-25-13-15-30-16-14-25)26(18-20-7-5-4-6-8-20)23(27)21-9-11-22(12-10-21)31(28,29)24(2)3/h4-12,19H,13-18H2,1-3H3. The van der Waals surface area contributed by atoms with Crippen molar-refractivity contribution in [3.8, 4) is 0 Å². The van der Waals surface area contributed by atoms with Crippen LogP contribution in [-0.2, 0) is 21.3 Å². The van der Waals surface area contributed by atoms with Gasteiger partial charge in [0.05, 0.1) is 18.1 Å². The Morgan fingerprint density at radius 2 is 1.65 bits per heavy atom. The van der Waals surface area contributed by atoms with E-state index in [2.05, 4.69) is 11.8 Å². The molecule has 0 aliphatic carbocycles. The van der Waals surface area contributed by atoms with Crippen LogP contribution in [0.3, 0.4) is 0 Å². The Morgan fingerprint density at radius 1 is 1.03 bits per heavy atom. The predicted molar refractivity (Wildman–Crippen MR) is 120 cm³/mol. The van der Waals surface area contributed by atoms with Gasteiger partial charge in [-0.3, -0.25) is 9.69 Å². The number of amides is 1. The molecule has 0 saturated carbocycles. The van der Waals surface area contributed by atoms with Crippen LogP contribution < -0.4 is 0 Å². The molecule has 1 amide bonds. The molecule has 31 heavy (non-hydrogen) atoms. The van der Waals surface area contributed by atoms with E-state index in [1.807, 2.05) is 35.2 Å². The van der Waals surface area contributed by atoms with Gasteiger partial charge in [-0.1, -0.05) is 30.3 Å². The molecule has 1 aliphatic heterocycles. The SMILES string of the molecule is CC(CN1CCOCC1)N(Cc1ccccc1)C(=O)c1ccc(S(=O)(=O)N(C)C)cc1. The normalized spacial score (nSPS) is 16.3. The highest BCUT2D eigenvalue weighted by Gasteiger charge is 2.25. The maximum absolute atomic E-state index is 13.5. The van der Waals surface area contributed by atoms with Crippen molar-refractivity contribution in [3.05, 3.63) is 65.7 Å². The number of carbonyl (C=O) groups is 1. The third-order valence-corrected chi connectivity index (χ3v) is 7.32. The summed E-state index contributed by atoms with van der Waals surface area (Å²) < 4.78 is 31.3. The lowest BCUT2D eigenvalue weighted by Crippen LogP contribution is -2.48. The summed E-state index contributed by atoms with van der Waals surface area (Å²) in [5.74, 6) is -0.113. The van der Waals surface area contributed by atoms with E-state index in [0.29, 0.717) is 25.3 Å². The lowest BCUT2D eigenvalue weighted by molar-refractivity contribution is 0.0228. The zero-order valence-electron chi connectivity index (χ0n) is 18.4. The van der Waals surface area contributed by atoms with Crippen LogP contribution in [0, 0.1) is 0 Å². The Balaban J connectivity index is 1.82. The highest BCUT2D eigenvalue weighted by Crippen LogP contribution is 2.18. The molecule has 8 heteroatoms. The van der Waals surface area contributed by atoms with Crippen LogP contribution in [0.5, 0.6) is 0 Å². The summed E-state index contributed by atoms with van der Waals surface area (Å²) in [4.78, 5) is 17.8. The highest BCUT2D eigenvalue weighted by atomic mass is 32.2. The van der Waals surface area contributed by atoms with Gasteiger partial charge in [0, 0.05) is 51.9 Å². The smallest absolute Gasteiger partial charge is 0.254 e. The molecule has 1 heterocycles. The third-order valence-electron chi connectivity index (χ3n) is 5.49. The Hall–Kier alpha value is -2.26. The van der Waals surface area contributed by atoms with E-state index in [1.54, 1.807) is 12.1 Å². The molecule has 0 N–H and O–H groups in total. The van der Waals surface area contributed by atoms with Crippen LogP contribution >= 0.6 is 0 Å². The van der Waals surface area contributed by atoms with Crippen LogP contribution in [0.15, 0.2) is 59.5 Å². The summed E-state index contributed by atoms with van der Waals surface area (Å²) >= 11 is 0. The number of nitrogens with zero attached hydrogens (tertiary/aromatic N) is 3. The predicted octanol–water partition coefficient (Wildman–Crippen LogP) is 2.30. The molecule has 0 bridgehead atoms. The van der Waals surface area contributed by atoms with Gasteiger partial charge in [0.25, 0.3) is 5.91 Å². The van der Waals surface area contributed by atoms with E-state index in [9.17, 15) is 13.2 Å². The minimum Gasteiger partial charge on any atom is -0.379 e. The molecule has 1 unspecified atom stereocenters. The first-order valence-electron chi connectivity index (χ1n) is 10.5. The quantitative estimate of drug-likeness (QED) is 0.624. The minimum atomic E-state index is -3.53. The molecule has 3 rings (SSSR count). The van der Waals surface area contributed by atoms with Gasteiger partial charge in [0.15, 0.2) is 0 Å². The van der Waals surface area contributed by atoms with Crippen molar-refractivity contribution in [1.29, 1.82) is 0 Å². The lowest BCUT2D eigenvalue weighted by Gasteiger charge is -2.35. The Bertz CT molecular complexity index is 956. The molecule has 1 saturated heterocycles. The van der Waals surface area contributed by atoms with Crippen LogP contribution in [0.1, 0.15) is 22.8 Å². The number of ether oxygens (including phenoxy) is 1. The number of morpholine rings is 1. The largest absolute Gasteiger partial charge is 0.379 e. The molecule has 168 valence electrons. The first-order chi connectivity index (χ1) is 14.8. The van der Waals surface area contributed by atoms with Gasteiger partial charge in [0.2, 0.25) is 10.0 Å². The number of benzene rings is 2. The van der Waals surface area contributed by atoms with E-state index in [-0.39, 0.29) is 16.8 Å². The average molecular weight is 446 g/mol. The number of hydrogen-bond acceptors (Lipinski definition) is 5. The summed E-state index contributed by atoms with van der Waals surface area (Å²) in [5.41, 5.74) is 1.53. The van der Waals surface area contributed by atoms with Crippen molar-refractivity contribution in [2.24, 2.45) is 0 Å². The molecule has 1 fully saturated rings. The Morgan fingerprint density at radius 3 is 2.23 bits per heavy atom. The number of rotatable bonds is 8. The van der Waals surface area contributed by atoms with Crippen molar-refractivity contribution in [2.75, 3.05) is 46.9 Å². The summed E-state index contributed by atoms with van der Waals surface area (Å²) in [6.07, 6.45) is 0. The molecule has 1 atom stereocenters. The highest BCUT2D eigenvalue weighted by molar-refractivity contribution is 7.89. The van der Waals surface area contributed by atoms with Crippen LogP contribution in [-0.4, -0.2) is 81.4 Å². The van der Waals surface area contributed by atoms with E-state index < -0.39 is 10.0 Å². The van der Waals surface area contributed by atoms with Gasteiger partial charge < -0.3 is 9.64 Å². The zero-order valence-corrected chi connectivity index (χ0v) is 19.2. The van der Waals surface area contributed by atoms with Gasteiger partial charge in [-0.05, 0) is 36.8 Å². The summed E-state index contributed by atoms with van der Waals surface area (Å²) in [6, 6.07) is 16.1. The van der Waals surface area contributed by atoms with Crippen LogP contribution in [0.25, 0.3) is 0 Å². The van der Waals surface area contributed by atoms with Crippen LogP contribution in [0.2, 0.25) is 0 Å².